The van der Waals surface area contributed by atoms with Crippen molar-refractivity contribution in [3.05, 3.63) is 18.2 Å². The van der Waals surface area contributed by atoms with Crippen molar-refractivity contribution in [3.63, 3.8) is 0 Å². The Morgan fingerprint density at radius 1 is 1.43 bits per heavy atom. The summed E-state index contributed by atoms with van der Waals surface area (Å²) < 4.78 is 10.5. The van der Waals surface area contributed by atoms with E-state index in [0.717, 1.165) is 29.2 Å². The van der Waals surface area contributed by atoms with Crippen LogP contribution < -0.4 is 10.5 Å². The number of ether oxygens (including phenoxy) is 2. The van der Waals surface area contributed by atoms with E-state index >= 15 is 0 Å². The third kappa shape index (κ3) is 4.30. The highest BCUT2D eigenvalue weighted by Gasteiger charge is 2.44. The fourth-order valence-electron chi connectivity index (χ4n) is 2.16. The number of nitrogens with two attached hydrogens (primary N) is 1. The Balaban J connectivity index is 1.99. The molecule has 5 heteroatoms. The first-order valence-corrected chi connectivity index (χ1v) is 8.19. The Morgan fingerprint density at radius 3 is 2.71 bits per heavy atom. The summed E-state index contributed by atoms with van der Waals surface area (Å²) in [5.74, 6) is 1.49. The van der Waals surface area contributed by atoms with Crippen LogP contribution in [0.15, 0.2) is 23.1 Å². The first-order chi connectivity index (χ1) is 9.96. The number of methoxy groups -OCH3 is 1. The number of thioether (sulfide) groups is 1. The van der Waals surface area contributed by atoms with Crippen molar-refractivity contribution in [3.8, 4) is 5.75 Å². The number of esters is 1. The van der Waals surface area contributed by atoms with Crippen molar-refractivity contribution < 1.29 is 14.3 Å². The summed E-state index contributed by atoms with van der Waals surface area (Å²) in [4.78, 5) is 12.5. The van der Waals surface area contributed by atoms with Gasteiger partial charge in [0.1, 0.15) is 5.75 Å². The smallest absolute Gasteiger partial charge is 0.306 e. The normalized spacial score (nSPS) is 15.8. The van der Waals surface area contributed by atoms with E-state index in [9.17, 15) is 4.79 Å². The summed E-state index contributed by atoms with van der Waals surface area (Å²) in [6.45, 7) is 3.96. The zero-order chi connectivity index (χ0) is 15.5. The number of hydrogen-bond acceptors (Lipinski definition) is 5. The van der Waals surface area contributed by atoms with Gasteiger partial charge in [0.15, 0.2) is 0 Å². The van der Waals surface area contributed by atoms with Crippen LogP contribution in [0, 0.1) is 5.41 Å². The van der Waals surface area contributed by atoms with Crippen molar-refractivity contribution >= 4 is 23.4 Å². The largest absolute Gasteiger partial charge is 0.489 e. The molecule has 0 saturated heterocycles. The summed E-state index contributed by atoms with van der Waals surface area (Å²) >= 11 is 1.70. The lowest BCUT2D eigenvalue weighted by Gasteiger charge is -2.17. The SMILES string of the molecule is COC(=O)CC1(CSc2cccc(OC(C)C)c2N)CC1. The molecule has 1 aliphatic rings. The molecule has 2 N–H and O–H groups in total. The predicted octanol–water partition coefficient (Wildman–Crippen LogP) is 3.49. The van der Waals surface area contributed by atoms with Crippen molar-refractivity contribution in [1.29, 1.82) is 0 Å². The van der Waals surface area contributed by atoms with Gasteiger partial charge in [-0.3, -0.25) is 4.79 Å². The molecule has 0 aliphatic heterocycles. The molecule has 0 unspecified atom stereocenters. The lowest BCUT2D eigenvalue weighted by molar-refractivity contribution is -0.141. The molecule has 1 aromatic rings. The van der Waals surface area contributed by atoms with Gasteiger partial charge in [0, 0.05) is 10.6 Å². The fourth-order valence-corrected chi connectivity index (χ4v) is 3.45. The third-order valence-corrected chi connectivity index (χ3v) is 5.05. The second-order valence-electron chi connectivity index (χ2n) is 5.88. The van der Waals surface area contributed by atoms with E-state index in [-0.39, 0.29) is 17.5 Å². The number of benzene rings is 1. The van der Waals surface area contributed by atoms with Gasteiger partial charge in [0.05, 0.1) is 25.3 Å². The van der Waals surface area contributed by atoms with Gasteiger partial charge in [-0.1, -0.05) is 6.07 Å². The number of carbonyl (C=O) groups excluding carboxylic acids is 1. The molecule has 0 aromatic heterocycles. The van der Waals surface area contributed by atoms with E-state index < -0.39 is 0 Å². The number of hydrogen-bond donors (Lipinski definition) is 1. The molecule has 21 heavy (non-hydrogen) atoms. The second kappa shape index (κ2) is 6.60. The molecule has 0 amide bonds. The average molecular weight is 309 g/mol. The lowest BCUT2D eigenvalue weighted by Crippen LogP contribution is -2.13. The maximum atomic E-state index is 11.4. The van der Waals surface area contributed by atoms with Gasteiger partial charge in [-0.15, -0.1) is 11.8 Å². The number of para-hydroxylation sites is 1. The third-order valence-electron chi connectivity index (χ3n) is 3.63. The van der Waals surface area contributed by atoms with E-state index in [1.807, 2.05) is 32.0 Å². The number of nitrogen functional groups attached to an aromatic ring is 1. The second-order valence-corrected chi connectivity index (χ2v) is 6.89. The summed E-state index contributed by atoms with van der Waals surface area (Å²) in [7, 11) is 1.44. The Morgan fingerprint density at radius 2 is 2.14 bits per heavy atom. The van der Waals surface area contributed by atoms with Gasteiger partial charge in [-0.05, 0) is 44.2 Å². The van der Waals surface area contributed by atoms with E-state index in [1.165, 1.54) is 7.11 Å². The molecule has 1 saturated carbocycles. The molecule has 1 aliphatic carbocycles. The minimum Gasteiger partial charge on any atom is -0.489 e. The summed E-state index contributed by atoms with van der Waals surface area (Å²) in [5.41, 5.74) is 6.95. The maximum Gasteiger partial charge on any atom is 0.306 e. The van der Waals surface area contributed by atoms with Crippen molar-refractivity contribution in [2.45, 2.75) is 44.1 Å². The van der Waals surface area contributed by atoms with Crippen molar-refractivity contribution in [1.82, 2.24) is 0 Å². The van der Waals surface area contributed by atoms with Crippen LogP contribution in [-0.4, -0.2) is 24.9 Å². The summed E-state index contributed by atoms with van der Waals surface area (Å²) in [6, 6.07) is 5.85. The van der Waals surface area contributed by atoms with Crippen LogP contribution in [0.25, 0.3) is 0 Å². The predicted molar refractivity (Wildman–Crippen MR) is 85.6 cm³/mol. The minimum atomic E-state index is -0.127. The van der Waals surface area contributed by atoms with Crippen LogP contribution in [0.4, 0.5) is 5.69 Å². The van der Waals surface area contributed by atoms with E-state index in [2.05, 4.69) is 0 Å². The van der Waals surface area contributed by atoms with Crippen LogP contribution >= 0.6 is 11.8 Å². The van der Waals surface area contributed by atoms with Crippen LogP contribution in [0.1, 0.15) is 33.1 Å². The van der Waals surface area contributed by atoms with Gasteiger partial charge in [-0.2, -0.15) is 0 Å². The van der Waals surface area contributed by atoms with Crippen LogP contribution in [0.5, 0.6) is 5.75 Å². The van der Waals surface area contributed by atoms with Gasteiger partial charge in [0.2, 0.25) is 0 Å². The Kier molecular flexibility index (Phi) is 5.04. The van der Waals surface area contributed by atoms with Crippen molar-refractivity contribution in [2.75, 3.05) is 18.6 Å². The first kappa shape index (κ1) is 16.0. The van der Waals surface area contributed by atoms with Gasteiger partial charge >= 0.3 is 5.97 Å². The molecule has 2 rings (SSSR count). The van der Waals surface area contributed by atoms with Crippen LogP contribution in [0.2, 0.25) is 0 Å². The Bertz CT molecular complexity index is 512. The highest BCUT2D eigenvalue weighted by Crippen LogP contribution is 2.52. The fraction of sp³-hybridized carbons (Fsp3) is 0.562. The highest BCUT2D eigenvalue weighted by atomic mass is 32.2. The minimum absolute atomic E-state index is 0.0963. The maximum absolute atomic E-state index is 11.4. The lowest BCUT2D eigenvalue weighted by atomic mass is 10.1. The monoisotopic (exact) mass is 309 g/mol. The standard InChI is InChI=1S/C16H23NO3S/c1-11(2)20-12-5-4-6-13(15(12)17)21-10-16(7-8-16)9-14(18)19-3/h4-6,11H,7-10,17H2,1-3H3. The molecule has 0 bridgehead atoms. The topological polar surface area (TPSA) is 61.5 Å². The molecular formula is C16H23NO3S. The molecule has 4 nitrogen and oxygen atoms in total. The number of carbonyl (C=O) groups is 1. The Hall–Kier alpha value is -1.36. The summed E-state index contributed by atoms with van der Waals surface area (Å²) in [6.07, 6.45) is 2.76. The molecule has 116 valence electrons. The Labute approximate surface area is 130 Å². The number of anilines is 1. The molecular weight excluding hydrogens is 286 g/mol. The molecule has 1 aromatic carbocycles. The molecule has 0 radical (unpaired) electrons. The molecule has 0 spiro atoms. The number of rotatable bonds is 7. The zero-order valence-electron chi connectivity index (χ0n) is 12.8. The van der Waals surface area contributed by atoms with Gasteiger partial charge < -0.3 is 15.2 Å². The van der Waals surface area contributed by atoms with E-state index in [1.54, 1.807) is 11.8 Å². The van der Waals surface area contributed by atoms with E-state index in [4.69, 9.17) is 15.2 Å². The van der Waals surface area contributed by atoms with Crippen molar-refractivity contribution in [2.24, 2.45) is 5.41 Å². The van der Waals surface area contributed by atoms with Gasteiger partial charge in [-0.25, -0.2) is 0 Å². The van der Waals surface area contributed by atoms with Crippen LogP contribution in [-0.2, 0) is 9.53 Å². The molecule has 0 atom stereocenters. The zero-order valence-corrected chi connectivity index (χ0v) is 13.7. The summed E-state index contributed by atoms with van der Waals surface area (Å²) in [5, 5.41) is 0. The van der Waals surface area contributed by atoms with Crippen LogP contribution in [0.3, 0.4) is 0 Å². The average Bonchev–Trinajstić information content (AvgIpc) is 3.19. The van der Waals surface area contributed by atoms with Gasteiger partial charge in [0.25, 0.3) is 0 Å². The quantitative estimate of drug-likeness (QED) is 0.474. The first-order valence-electron chi connectivity index (χ1n) is 7.20. The van der Waals surface area contributed by atoms with E-state index in [0.29, 0.717) is 12.1 Å². The molecule has 0 heterocycles. The highest BCUT2D eigenvalue weighted by molar-refractivity contribution is 7.99. The molecule has 1 fully saturated rings.